The molecule has 0 amide bonds. The number of ether oxygens (including phenoxy) is 1. The Labute approximate surface area is 124 Å². The van der Waals surface area contributed by atoms with Crippen molar-refractivity contribution in [1.82, 2.24) is 19.2 Å². The number of esters is 1. The number of carbonyl (C=O) groups excluding carboxylic acids is 1. The molecule has 1 atom stereocenters. The van der Waals surface area contributed by atoms with Gasteiger partial charge in [-0.2, -0.15) is 22.5 Å². The Hall–Kier alpha value is -1.45. The summed E-state index contributed by atoms with van der Waals surface area (Å²) in [5.74, 6) is -0.712. The lowest BCUT2D eigenvalue weighted by atomic mass is 10.0. The zero-order valence-corrected chi connectivity index (χ0v) is 12.7. The van der Waals surface area contributed by atoms with E-state index in [1.54, 1.807) is 19.3 Å². The van der Waals surface area contributed by atoms with E-state index < -0.39 is 10.2 Å². The van der Waals surface area contributed by atoms with Crippen molar-refractivity contribution in [2.24, 2.45) is 5.92 Å². The molecule has 8 nitrogen and oxygen atoms in total. The molecular weight excluding hydrogens is 296 g/mol. The number of H-pyrrole nitrogens is 1. The number of aromatic amines is 1. The minimum atomic E-state index is -3.61. The summed E-state index contributed by atoms with van der Waals surface area (Å²) in [6.07, 6.45) is 4.49. The standard InChI is InChI=1S/C12H20N4O4S/c1-2-20-12(17)11-4-3-5-16(9-11)21(18,19)15-8-10-6-13-14-7-10/h6-7,11,15H,2-5,8-9H2,1H3,(H,13,14). The Morgan fingerprint density at radius 2 is 2.43 bits per heavy atom. The molecule has 1 saturated heterocycles. The lowest BCUT2D eigenvalue weighted by Crippen LogP contribution is -2.47. The molecule has 2 rings (SSSR count). The number of rotatable bonds is 6. The Morgan fingerprint density at radius 1 is 1.62 bits per heavy atom. The molecule has 9 heteroatoms. The van der Waals surface area contributed by atoms with Crippen molar-refractivity contribution in [3.63, 3.8) is 0 Å². The third kappa shape index (κ3) is 4.26. The third-order valence-electron chi connectivity index (χ3n) is 3.36. The lowest BCUT2D eigenvalue weighted by molar-refractivity contribution is -0.149. The first-order chi connectivity index (χ1) is 10.0. The molecule has 21 heavy (non-hydrogen) atoms. The van der Waals surface area contributed by atoms with Crippen LogP contribution in [0.1, 0.15) is 25.3 Å². The van der Waals surface area contributed by atoms with Crippen LogP contribution in [-0.2, 0) is 26.3 Å². The van der Waals surface area contributed by atoms with Gasteiger partial charge in [0.2, 0.25) is 0 Å². The molecular formula is C12H20N4O4S. The van der Waals surface area contributed by atoms with Gasteiger partial charge in [-0.15, -0.1) is 0 Å². The fraction of sp³-hybridized carbons (Fsp3) is 0.667. The molecule has 0 aliphatic carbocycles. The van der Waals surface area contributed by atoms with Crippen molar-refractivity contribution in [1.29, 1.82) is 0 Å². The second kappa shape index (κ2) is 7.01. The van der Waals surface area contributed by atoms with Crippen molar-refractivity contribution in [3.05, 3.63) is 18.0 Å². The summed E-state index contributed by atoms with van der Waals surface area (Å²) < 4.78 is 33.3. The molecule has 1 fully saturated rings. The van der Waals surface area contributed by atoms with Gasteiger partial charge in [0.05, 0.1) is 18.7 Å². The van der Waals surface area contributed by atoms with Gasteiger partial charge in [0.15, 0.2) is 0 Å². The minimum Gasteiger partial charge on any atom is -0.466 e. The Balaban J connectivity index is 1.94. The Kier molecular flexibility index (Phi) is 5.32. The van der Waals surface area contributed by atoms with Gasteiger partial charge in [-0.25, -0.2) is 0 Å². The van der Waals surface area contributed by atoms with Crippen molar-refractivity contribution in [3.8, 4) is 0 Å². The maximum absolute atomic E-state index is 12.2. The summed E-state index contributed by atoms with van der Waals surface area (Å²) in [6.45, 7) is 2.79. The van der Waals surface area contributed by atoms with Gasteiger partial charge in [-0.3, -0.25) is 9.89 Å². The van der Waals surface area contributed by atoms with Crippen LogP contribution in [0.3, 0.4) is 0 Å². The first kappa shape index (κ1) is 15.9. The van der Waals surface area contributed by atoms with Gasteiger partial charge in [0, 0.05) is 31.4 Å². The number of carbonyl (C=O) groups is 1. The molecule has 2 N–H and O–H groups in total. The van der Waals surface area contributed by atoms with Crippen LogP contribution >= 0.6 is 0 Å². The molecule has 1 aliphatic heterocycles. The molecule has 0 spiro atoms. The van der Waals surface area contributed by atoms with Crippen LogP contribution in [0.15, 0.2) is 12.4 Å². The van der Waals surface area contributed by atoms with Gasteiger partial charge in [0.25, 0.3) is 10.2 Å². The van der Waals surface area contributed by atoms with Gasteiger partial charge in [-0.1, -0.05) is 0 Å². The molecule has 0 saturated carbocycles. The van der Waals surface area contributed by atoms with E-state index in [1.165, 1.54) is 4.31 Å². The van der Waals surface area contributed by atoms with Crippen LogP contribution in [-0.4, -0.2) is 48.6 Å². The molecule has 0 bridgehead atoms. The molecule has 0 aromatic carbocycles. The van der Waals surface area contributed by atoms with E-state index in [0.29, 0.717) is 26.0 Å². The predicted molar refractivity (Wildman–Crippen MR) is 75.3 cm³/mol. The average molecular weight is 316 g/mol. The highest BCUT2D eigenvalue weighted by Crippen LogP contribution is 2.20. The second-order valence-corrected chi connectivity index (χ2v) is 6.64. The van der Waals surface area contributed by atoms with Gasteiger partial charge < -0.3 is 4.74 Å². The maximum Gasteiger partial charge on any atom is 0.310 e. The van der Waals surface area contributed by atoms with E-state index in [-0.39, 0.29) is 25.0 Å². The first-order valence-electron chi connectivity index (χ1n) is 6.92. The van der Waals surface area contributed by atoms with Crippen LogP contribution in [0.5, 0.6) is 0 Å². The van der Waals surface area contributed by atoms with E-state index in [4.69, 9.17) is 4.74 Å². The highest BCUT2D eigenvalue weighted by molar-refractivity contribution is 7.87. The topological polar surface area (TPSA) is 104 Å². The van der Waals surface area contributed by atoms with Crippen LogP contribution < -0.4 is 4.72 Å². The molecule has 118 valence electrons. The van der Waals surface area contributed by atoms with E-state index in [2.05, 4.69) is 14.9 Å². The fourth-order valence-electron chi connectivity index (χ4n) is 2.25. The number of hydrogen-bond donors (Lipinski definition) is 2. The van der Waals surface area contributed by atoms with E-state index in [9.17, 15) is 13.2 Å². The van der Waals surface area contributed by atoms with E-state index >= 15 is 0 Å². The summed E-state index contributed by atoms with van der Waals surface area (Å²) in [6, 6.07) is 0. The Morgan fingerprint density at radius 3 is 3.10 bits per heavy atom. The van der Waals surface area contributed by atoms with Gasteiger partial charge >= 0.3 is 5.97 Å². The summed E-state index contributed by atoms with van der Waals surface area (Å²) in [5.41, 5.74) is 0.748. The van der Waals surface area contributed by atoms with Crippen LogP contribution in [0.25, 0.3) is 0 Å². The number of hydrogen-bond acceptors (Lipinski definition) is 5. The SMILES string of the molecule is CCOC(=O)C1CCCN(S(=O)(=O)NCc2cn[nH]c2)C1. The van der Waals surface area contributed by atoms with Crippen LogP contribution in [0.2, 0.25) is 0 Å². The molecule has 1 unspecified atom stereocenters. The molecule has 1 aromatic rings. The zero-order chi connectivity index (χ0) is 15.3. The molecule has 1 aromatic heterocycles. The number of aromatic nitrogens is 2. The summed E-state index contributed by atoms with van der Waals surface area (Å²) in [4.78, 5) is 11.7. The third-order valence-corrected chi connectivity index (χ3v) is 4.88. The van der Waals surface area contributed by atoms with E-state index in [0.717, 1.165) is 5.56 Å². The quantitative estimate of drug-likeness (QED) is 0.720. The average Bonchev–Trinajstić information content (AvgIpc) is 2.99. The fourth-order valence-corrected chi connectivity index (χ4v) is 3.53. The largest absolute Gasteiger partial charge is 0.466 e. The molecule has 1 aliphatic rings. The summed E-state index contributed by atoms with van der Waals surface area (Å²) >= 11 is 0. The smallest absolute Gasteiger partial charge is 0.310 e. The highest BCUT2D eigenvalue weighted by Gasteiger charge is 2.32. The van der Waals surface area contributed by atoms with Crippen molar-refractivity contribution >= 4 is 16.2 Å². The highest BCUT2D eigenvalue weighted by atomic mass is 32.2. The molecule has 0 radical (unpaired) electrons. The maximum atomic E-state index is 12.2. The van der Waals surface area contributed by atoms with Gasteiger partial charge in [-0.05, 0) is 19.8 Å². The van der Waals surface area contributed by atoms with Crippen LogP contribution in [0, 0.1) is 5.92 Å². The summed E-state index contributed by atoms with van der Waals surface area (Å²) in [7, 11) is -3.61. The van der Waals surface area contributed by atoms with E-state index in [1.807, 2.05) is 0 Å². The van der Waals surface area contributed by atoms with Crippen molar-refractivity contribution in [2.45, 2.75) is 26.3 Å². The number of piperidine rings is 1. The lowest BCUT2D eigenvalue weighted by Gasteiger charge is -2.30. The minimum absolute atomic E-state index is 0.166. The first-order valence-corrected chi connectivity index (χ1v) is 8.36. The van der Waals surface area contributed by atoms with Gasteiger partial charge in [0.1, 0.15) is 0 Å². The second-order valence-electron chi connectivity index (χ2n) is 4.88. The van der Waals surface area contributed by atoms with Crippen molar-refractivity contribution in [2.75, 3.05) is 19.7 Å². The Bertz CT molecular complexity index is 558. The number of nitrogens with one attached hydrogen (secondary N) is 2. The molecule has 2 heterocycles. The predicted octanol–water partition coefficient (Wildman–Crippen LogP) is 0.0192. The monoisotopic (exact) mass is 316 g/mol. The normalized spacial score (nSPS) is 20.3. The van der Waals surface area contributed by atoms with Crippen LogP contribution in [0.4, 0.5) is 0 Å². The summed E-state index contributed by atoms with van der Waals surface area (Å²) in [5, 5.41) is 6.38. The number of nitrogens with zero attached hydrogens (tertiary/aromatic N) is 2. The van der Waals surface area contributed by atoms with Crippen molar-refractivity contribution < 1.29 is 17.9 Å². The zero-order valence-electron chi connectivity index (χ0n) is 11.9.